The molecule has 0 bridgehead atoms. The molecule has 0 atom stereocenters. The molecule has 0 saturated carbocycles. The van der Waals surface area contributed by atoms with Crippen molar-refractivity contribution in [2.75, 3.05) is 30.4 Å². The van der Waals surface area contributed by atoms with E-state index in [1.165, 1.54) is 0 Å². The van der Waals surface area contributed by atoms with Gasteiger partial charge >= 0.3 is 51.4 Å². The van der Waals surface area contributed by atoms with E-state index in [0.29, 0.717) is 21.8 Å². The van der Waals surface area contributed by atoms with Crippen molar-refractivity contribution in [2.24, 2.45) is 5.16 Å². The maximum atomic E-state index is 13.3. The molecule has 0 N–H and O–H groups in total. The van der Waals surface area contributed by atoms with Gasteiger partial charge in [0.25, 0.3) is 16.3 Å². The fourth-order valence-electron chi connectivity index (χ4n) is 3.03. The van der Waals surface area contributed by atoms with Crippen molar-refractivity contribution >= 4 is 45.0 Å². The number of oxime groups is 1. The predicted octanol–water partition coefficient (Wildman–Crippen LogP) is -0.359. The Labute approximate surface area is 216 Å². The zero-order chi connectivity index (χ0) is 20.5. The summed E-state index contributed by atoms with van der Waals surface area (Å²) in [5, 5.41) is 3.86. The van der Waals surface area contributed by atoms with Crippen molar-refractivity contribution in [2.45, 2.75) is 6.42 Å². The second-order valence-electron chi connectivity index (χ2n) is 6.30. The first-order valence-corrected chi connectivity index (χ1v) is 9.98. The van der Waals surface area contributed by atoms with E-state index in [-0.39, 0.29) is 76.0 Å². The zero-order valence-corrected chi connectivity index (χ0v) is 20.8. The van der Waals surface area contributed by atoms with E-state index in [0.717, 1.165) is 5.69 Å². The van der Waals surface area contributed by atoms with Gasteiger partial charge in [0.05, 0.1) is 17.0 Å². The van der Waals surface area contributed by atoms with Crippen molar-refractivity contribution in [3.63, 3.8) is 0 Å². The molecule has 8 nitrogen and oxygen atoms in total. The van der Waals surface area contributed by atoms with Crippen molar-refractivity contribution in [1.82, 2.24) is 0 Å². The van der Waals surface area contributed by atoms with Crippen molar-refractivity contribution in [1.29, 1.82) is 0 Å². The molecule has 2 aromatic rings. The number of para-hydroxylation sites is 1. The van der Waals surface area contributed by atoms with Gasteiger partial charge in [-0.25, -0.2) is 0 Å². The van der Waals surface area contributed by atoms with Crippen molar-refractivity contribution in [3.05, 3.63) is 58.6 Å². The summed E-state index contributed by atoms with van der Waals surface area (Å²) in [4.78, 5) is 16.7. The largest absolute Gasteiger partial charge is 1.00 e. The van der Waals surface area contributed by atoms with E-state index in [1.54, 1.807) is 35.2 Å². The summed E-state index contributed by atoms with van der Waals surface area (Å²) >= 11 is 6.11. The molecule has 0 radical (unpaired) electrons. The molecular formula is C18H17ClKN3O5S. The van der Waals surface area contributed by atoms with Crippen LogP contribution in [0, 0.1) is 0 Å². The van der Waals surface area contributed by atoms with E-state index >= 15 is 0 Å². The Kier molecular flexibility index (Phi) is 8.28. The molecule has 148 valence electrons. The van der Waals surface area contributed by atoms with E-state index in [4.69, 9.17) is 11.6 Å². The number of carbonyl (C=O) groups is 1. The maximum Gasteiger partial charge on any atom is 1.00 e. The first-order chi connectivity index (χ1) is 13.2. The number of hydrogen-bond acceptors (Lipinski definition) is 7. The third-order valence-corrected chi connectivity index (χ3v) is 4.73. The zero-order valence-electron chi connectivity index (χ0n) is 16.1. The molecule has 0 fully saturated rings. The number of nitrogens with zero attached hydrogens (tertiary/aromatic N) is 3. The van der Waals surface area contributed by atoms with Crippen LogP contribution in [-0.2, 0) is 14.7 Å². The van der Waals surface area contributed by atoms with Gasteiger partial charge in [-0.3, -0.25) is 9.08 Å². The Balaban J connectivity index is 0.00000300. The van der Waals surface area contributed by atoms with E-state index in [1.807, 2.05) is 31.1 Å². The van der Waals surface area contributed by atoms with Crippen LogP contribution in [0.25, 0.3) is 0 Å². The van der Waals surface area contributed by atoms with Gasteiger partial charge in [-0.15, -0.1) is 0 Å². The van der Waals surface area contributed by atoms with Crippen LogP contribution in [0.1, 0.15) is 22.3 Å². The smallest absolute Gasteiger partial charge is 0.714 e. The topological polar surface area (TPSA) is 102 Å². The third-order valence-electron chi connectivity index (χ3n) is 4.23. The summed E-state index contributed by atoms with van der Waals surface area (Å²) in [6.07, 6.45) is 0.208. The Morgan fingerprint density at radius 3 is 2.59 bits per heavy atom. The van der Waals surface area contributed by atoms with Gasteiger partial charge < -0.3 is 14.4 Å². The van der Waals surface area contributed by atoms with Gasteiger partial charge in [0, 0.05) is 43.3 Å². The van der Waals surface area contributed by atoms with Crippen LogP contribution in [0.4, 0.5) is 11.4 Å². The van der Waals surface area contributed by atoms with Gasteiger partial charge in [-0.1, -0.05) is 28.9 Å². The molecule has 2 aromatic carbocycles. The summed E-state index contributed by atoms with van der Waals surface area (Å²) in [6, 6.07) is 12.0. The van der Waals surface area contributed by atoms with Gasteiger partial charge in [-0.2, -0.15) is 8.42 Å². The first kappa shape index (κ1) is 24.3. The molecule has 29 heavy (non-hydrogen) atoms. The normalized spacial score (nSPS) is 14.8. The summed E-state index contributed by atoms with van der Waals surface area (Å²) in [5.41, 5.74) is 2.45. The number of amides is 1. The number of carbonyl (C=O) groups excluding carboxylic acids is 1. The Morgan fingerprint density at radius 1 is 1.24 bits per heavy atom. The second-order valence-corrected chi connectivity index (χ2v) is 7.70. The van der Waals surface area contributed by atoms with Crippen LogP contribution >= 0.6 is 11.6 Å². The van der Waals surface area contributed by atoms with E-state index in [2.05, 4.69) is 9.44 Å². The second kappa shape index (κ2) is 9.88. The minimum Gasteiger partial charge on any atom is -0.714 e. The summed E-state index contributed by atoms with van der Waals surface area (Å²) < 4.78 is 36.2. The molecule has 3 rings (SSSR count). The van der Waals surface area contributed by atoms with Crippen molar-refractivity contribution < 1.29 is 73.4 Å². The number of halogens is 1. The van der Waals surface area contributed by atoms with Crippen LogP contribution in [0.2, 0.25) is 5.02 Å². The van der Waals surface area contributed by atoms with Crippen LogP contribution in [0.15, 0.2) is 47.6 Å². The fraction of sp³-hybridized carbons (Fsp3) is 0.222. The molecule has 0 aliphatic carbocycles. The van der Waals surface area contributed by atoms with Gasteiger partial charge in [0.2, 0.25) is 0 Å². The number of anilines is 2. The van der Waals surface area contributed by atoms with E-state index in [9.17, 15) is 17.8 Å². The van der Waals surface area contributed by atoms with Gasteiger partial charge in [0.15, 0.2) is 0 Å². The summed E-state index contributed by atoms with van der Waals surface area (Å²) in [6.45, 7) is 0.217. The SMILES string of the molecule is CN(C)c1ccccc1C(=O)N1CCC(=NOS(=O)(=O)[O-])c2ccc(Cl)cc21.[K+]. The van der Waals surface area contributed by atoms with E-state index < -0.39 is 10.4 Å². The molecular weight excluding hydrogens is 445 g/mol. The van der Waals surface area contributed by atoms with Crippen LogP contribution in [0.5, 0.6) is 0 Å². The molecule has 1 heterocycles. The average Bonchev–Trinajstić information content (AvgIpc) is 2.64. The summed E-state index contributed by atoms with van der Waals surface area (Å²) in [7, 11) is -1.28. The quantitative estimate of drug-likeness (QED) is 0.267. The van der Waals surface area contributed by atoms with Crippen LogP contribution in [-0.4, -0.2) is 45.2 Å². The molecule has 1 aliphatic rings. The molecule has 1 amide bonds. The number of rotatable bonds is 4. The Morgan fingerprint density at radius 2 is 1.93 bits per heavy atom. The minimum absolute atomic E-state index is 0. The molecule has 0 unspecified atom stereocenters. The van der Waals surface area contributed by atoms with Crippen molar-refractivity contribution in [3.8, 4) is 0 Å². The number of hydrogen-bond donors (Lipinski definition) is 0. The molecule has 11 heteroatoms. The third kappa shape index (κ3) is 5.79. The average molecular weight is 462 g/mol. The molecule has 0 saturated heterocycles. The maximum absolute atomic E-state index is 13.3. The van der Waals surface area contributed by atoms with Crippen LogP contribution in [0.3, 0.4) is 0 Å². The minimum atomic E-state index is -4.97. The summed E-state index contributed by atoms with van der Waals surface area (Å²) in [5.74, 6) is -0.232. The standard InChI is InChI=1S/C18H18ClN3O5S.K/c1-21(2)16-6-4-3-5-14(16)18(23)22-10-9-15(20-27-28(24,25)26)13-8-7-12(19)11-17(13)22;/h3-8,11H,9-10H2,1-2H3,(H,24,25,26);/q;+1/p-1. The molecule has 0 spiro atoms. The van der Waals surface area contributed by atoms with Gasteiger partial charge in [0.1, 0.15) is 0 Å². The number of benzene rings is 2. The Hall–Kier alpha value is -0.984. The first-order valence-electron chi connectivity index (χ1n) is 8.27. The Bertz CT molecular complexity index is 1060. The monoisotopic (exact) mass is 461 g/mol. The fourth-order valence-corrected chi connectivity index (χ4v) is 3.38. The molecule has 0 aromatic heterocycles. The van der Waals surface area contributed by atoms with Gasteiger partial charge in [-0.05, 0) is 30.3 Å². The number of fused-ring (bicyclic) bond motifs is 1. The van der Waals surface area contributed by atoms with Crippen LogP contribution < -0.4 is 61.2 Å². The molecule has 1 aliphatic heterocycles. The predicted molar refractivity (Wildman–Crippen MR) is 106 cm³/mol.